The quantitative estimate of drug-likeness (QED) is 0.691. The molecule has 3 heterocycles. The lowest BCUT2D eigenvalue weighted by Gasteiger charge is -2.23. The molecule has 0 amide bonds. The number of anilines is 2. The zero-order valence-corrected chi connectivity index (χ0v) is 15.8. The number of nitrogens with two attached hydrogens (primary N) is 2. The zero-order chi connectivity index (χ0) is 19.2. The average molecular weight is 407 g/mol. The van der Waals surface area contributed by atoms with Crippen molar-refractivity contribution in [1.29, 1.82) is 0 Å². The van der Waals surface area contributed by atoms with Crippen LogP contribution in [0.25, 0.3) is 22.2 Å². The topological polar surface area (TPSA) is 94.0 Å². The highest BCUT2D eigenvalue weighted by atomic mass is 35.5. The van der Waals surface area contributed by atoms with Crippen LogP contribution in [0.5, 0.6) is 0 Å². The molecule has 4 rings (SSSR count). The maximum Gasteiger partial charge on any atom is 0.222 e. The normalized spacial score (nSPS) is 19.8. The highest BCUT2D eigenvalue weighted by molar-refractivity contribution is 6.39. The smallest absolute Gasteiger partial charge is 0.222 e. The van der Waals surface area contributed by atoms with Gasteiger partial charge >= 0.3 is 0 Å². The van der Waals surface area contributed by atoms with Gasteiger partial charge < -0.3 is 16.4 Å². The molecule has 0 saturated carbocycles. The number of benzene rings is 1. The van der Waals surface area contributed by atoms with E-state index in [0.29, 0.717) is 51.0 Å². The summed E-state index contributed by atoms with van der Waals surface area (Å²) in [5.74, 6) is 0.663. The molecule has 0 spiro atoms. The Morgan fingerprint density at radius 3 is 2.63 bits per heavy atom. The Bertz CT molecular complexity index is 1010. The Balaban J connectivity index is 1.95. The summed E-state index contributed by atoms with van der Waals surface area (Å²) >= 11 is 12.9. The van der Waals surface area contributed by atoms with Gasteiger partial charge in [-0.1, -0.05) is 29.3 Å². The van der Waals surface area contributed by atoms with E-state index in [1.807, 2.05) is 11.0 Å². The predicted molar refractivity (Wildman–Crippen MR) is 107 cm³/mol. The SMILES string of the molecule is NCC1(F)CCN(c2nc3nc(N)ncc3cc2-c2c(Cl)cccc2Cl)C1. The summed E-state index contributed by atoms with van der Waals surface area (Å²) in [5, 5.41) is 1.64. The molecule has 140 valence electrons. The van der Waals surface area contributed by atoms with Gasteiger partial charge in [-0.15, -0.1) is 0 Å². The fourth-order valence-corrected chi connectivity index (χ4v) is 3.93. The van der Waals surface area contributed by atoms with Crippen molar-refractivity contribution in [2.75, 3.05) is 30.3 Å². The molecule has 6 nitrogen and oxygen atoms in total. The lowest BCUT2D eigenvalue weighted by Crippen LogP contribution is -2.36. The molecule has 27 heavy (non-hydrogen) atoms. The predicted octanol–water partition coefficient (Wildman–Crippen LogP) is 3.46. The molecule has 1 fully saturated rings. The van der Waals surface area contributed by atoms with Crippen LogP contribution in [0, 0.1) is 0 Å². The Morgan fingerprint density at radius 2 is 1.96 bits per heavy atom. The van der Waals surface area contributed by atoms with Gasteiger partial charge in [0.1, 0.15) is 11.5 Å². The maximum absolute atomic E-state index is 14.8. The lowest BCUT2D eigenvalue weighted by atomic mass is 10.0. The van der Waals surface area contributed by atoms with E-state index < -0.39 is 5.67 Å². The number of pyridine rings is 1. The first-order valence-electron chi connectivity index (χ1n) is 8.42. The van der Waals surface area contributed by atoms with Crippen molar-refractivity contribution in [1.82, 2.24) is 15.0 Å². The number of hydrogen-bond acceptors (Lipinski definition) is 6. The molecule has 1 aliphatic rings. The summed E-state index contributed by atoms with van der Waals surface area (Å²) in [6.07, 6.45) is 1.91. The van der Waals surface area contributed by atoms with Crippen LogP contribution in [-0.4, -0.2) is 40.3 Å². The van der Waals surface area contributed by atoms with E-state index in [1.165, 1.54) is 0 Å². The number of nitrogens with zero attached hydrogens (tertiary/aromatic N) is 4. The highest BCUT2D eigenvalue weighted by Crippen LogP contribution is 2.42. The second-order valence-electron chi connectivity index (χ2n) is 6.62. The van der Waals surface area contributed by atoms with Gasteiger partial charge in [0.15, 0.2) is 5.65 Å². The molecule has 0 radical (unpaired) electrons. The van der Waals surface area contributed by atoms with Crippen LogP contribution in [0.4, 0.5) is 16.2 Å². The fourth-order valence-electron chi connectivity index (χ4n) is 3.33. The third kappa shape index (κ3) is 3.26. The molecule has 3 aromatic rings. The van der Waals surface area contributed by atoms with Crippen molar-refractivity contribution >= 4 is 46.0 Å². The number of rotatable bonds is 3. The molecule has 0 bridgehead atoms. The van der Waals surface area contributed by atoms with Crippen molar-refractivity contribution in [3.05, 3.63) is 40.5 Å². The molecule has 9 heteroatoms. The molecule has 1 atom stereocenters. The van der Waals surface area contributed by atoms with E-state index in [4.69, 9.17) is 34.7 Å². The van der Waals surface area contributed by atoms with E-state index in [2.05, 4.69) is 15.0 Å². The zero-order valence-electron chi connectivity index (χ0n) is 14.3. The van der Waals surface area contributed by atoms with Crippen LogP contribution >= 0.6 is 23.2 Å². The van der Waals surface area contributed by atoms with E-state index in [1.54, 1.807) is 24.4 Å². The van der Waals surface area contributed by atoms with E-state index >= 15 is 0 Å². The monoisotopic (exact) mass is 406 g/mol. The fraction of sp³-hybridized carbons (Fsp3) is 0.278. The minimum atomic E-state index is -1.46. The van der Waals surface area contributed by atoms with Crippen molar-refractivity contribution in [3.63, 3.8) is 0 Å². The Morgan fingerprint density at radius 1 is 1.22 bits per heavy atom. The van der Waals surface area contributed by atoms with Crippen LogP contribution in [0.15, 0.2) is 30.5 Å². The average Bonchev–Trinajstić information content (AvgIpc) is 3.04. The van der Waals surface area contributed by atoms with Gasteiger partial charge in [0.25, 0.3) is 0 Å². The second kappa shape index (κ2) is 6.74. The van der Waals surface area contributed by atoms with E-state index in [9.17, 15) is 4.39 Å². The molecular formula is C18H17Cl2FN6. The van der Waals surface area contributed by atoms with Gasteiger partial charge in [0.05, 0.1) is 16.6 Å². The number of hydrogen-bond donors (Lipinski definition) is 2. The standard InChI is InChI=1S/C18H17Cl2FN6/c19-12-2-1-3-13(20)14(12)11-6-10-7-24-17(23)26-15(10)25-16(11)27-5-4-18(21,8-22)9-27/h1-3,6-7H,4-5,8-9,22H2,(H2,23,24,25,26). The van der Waals surface area contributed by atoms with Gasteiger partial charge in [0, 0.05) is 42.2 Å². The third-order valence-corrected chi connectivity index (χ3v) is 5.40. The minimum absolute atomic E-state index is 0.0472. The molecule has 4 N–H and O–H groups in total. The van der Waals surface area contributed by atoms with Crippen molar-refractivity contribution < 1.29 is 4.39 Å². The number of halogens is 3. The summed E-state index contributed by atoms with van der Waals surface area (Å²) < 4.78 is 14.8. The number of aromatic nitrogens is 3. The lowest BCUT2D eigenvalue weighted by molar-refractivity contribution is 0.204. The molecule has 1 aliphatic heterocycles. The van der Waals surface area contributed by atoms with Crippen molar-refractivity contribution in [2.45, 2.75) is 12.1 Å². The first kappa shape index (κ1) is 18.2. The number of alkyl halides is 1. The minimum Gasteiger partial charge on any atom is -0.368 e. The first-order chi connectivity index (χ1) is 12.9. The summed E-state index contributed by atoms with van der Waals surface area (Å²) in [6.45, 7) is 0.563. The summed E-state index contributed by atoms with van der Waals surface area (Å²) in [6, 6.07) is 7.12. The Kier molecular flexibility index (Phi) is 4.53. The van der Waals surface area contributed by atoms with Gasteiger partial charge in [0.2, 0.25) is 5.95 Å². The maximum atomic E-state index is 14.8. The van der Waals surface area contributed by atoms with Crippen LogP contribution in [-0.2, 0) is 0 Å². The van der Waals surface area contributed by atoms with Crippen molar-refractivity contribution in [2.24, 2.45) is 5.73 Å². The van der Waals surface area contributed by atoms with Gasteiger partial charge in [-0.05, 0) is 18.2 Å². The van der Waals surface area contributed by atoms with Crippen molar-refractivity contribution in [3.8, 4) is 11.1 Å². The van der Waals surface area contributed by atoms with Crippen LogP contribution in [0.3, 0.4) is 0 Å². The van der Waals surface area contributed by atoms with Crippen LogP contribution < -0.4 is 16.4 Å². The van der Waals surface area contributed by atoms with E-state index in [-0.39, 0.29) is 19.0 Å². The van der Waals surface area contributed by atoms with Gasteiger partial charge in [-0.25, -0.2) is 14.4 Å². The Hall–Kier alpha value is -2.22. The largest absolute Gasteiger partial charge is 0.368 e. The summed E-state index contributed by atoms with van der Waals surface area (Å²) in [7, 11) is 0. The summed E-state index contributed by atoms with van der Waals surface area (Å²) in [5.41, 5.74) is 11.6. The first-order valence-corrected chi connectivity index (χ1v) is 9.17. The van der Waals surface area contributed by atoms with Crippen LogP contribution in [0.2, 0.25) is 10.0 Å². The molecule has 2 aromatic heterocycles. The van der Waals surface area contributed by atoms with Gasteiger partial charge in [-0.2, -0.15) is 4.98 Å². The van der Waals surface area contributed by atoms with Gasteiger partial charge in [-0.3, -0.25) is 0 Å². The second-order valence-corrected chi connectivity index (χ2v) is 7.44. The molecule has 1 saturated heterocycles. The molecule has 0 aliphatic carbocycles. The summed E-state index contributed by atoms with van der Waals surface area (Å²) in [4.78, 5) is 14.7. The van der Waals surface area contributed by atoms with E-state index in [0.717, 1.165) is 0 Å². The molecule has 1 aromatic carbocycles. The van der Waals surface area contributed by atoms with Crippen LogP contribution in [0.1, 0.15) is 6.42 Å². The number of nitrogen functional groups attached to an aromatic ring is 1. The molecule has 1 unspecified atom stereocenters. The third-order valence-electron chi connectivity index (χ3n) is 4.77. The molecular weight excluding hydrogens is 390 g/mol. The Labute approximate surface area is 165 Å². The highest BCUT2D eigenvalue weighted by Gasteiger charge is 2.38. The number of fused-ring (bicyclic) bond motifs is 1.